The molecule has 3 N–H and O–H groups in total. The van der Waals surface area contributed by atoms with Crippen LogP contribution < -0.4 is 11.1 Å². The van der Waals surface area contributed by atoms with E-state index in [-0.39, 0.29) is 0 Å². The molecule has 0 fully saturated rings. The average molecular weight is 287 g/mol. The van der Waals surface area contributed by atoms with E-state index in [1.807, 2.05) is 6.07 Å². The van der Waals surface area contributed by atoms with Crippen LogP contribution in [0.1, 0.15) is 13.3 Å². The first-order valence-electron chi connectivity index (χ1n) is 5.31. The standard InChI is InChI=1S/C11H19BrN4/c1-8(4-5-16(2)3)15-11-10(13)6-9(12)7-14-11/h6-8H,4-5,13H2,1-3H3,(H,14,15). The molecule has 4 nitrogen and oxygen atoms in total. The lowest BCUT2D eigenvalue weighted by atomic mass is 10.2. The number of nitrogen functional groups attached to an aromatic ring is 1. The average Bonchev–Trinajstić information content (AvgIpc) is 2.19. The van der Waals surface area contributed by atoms with Gasteiger partial charge in [-0.1, -0.05) is 0 Å². The van der Waals surface area contributed by atoms with Crippen molar-refractivity contribution < 1.29 is 0 Å². The summed E-state index contributed by atoms with van der Waals surface area (Å²) in [4.78, 5) is 6.41. The molecule has 0 bridgehead atoms. The second kappa shape index (κ2) is 6.06. The second-order valence-electron chi connectivity index (χ2n) is 4.23. The van der Waals surface area contributed by atoms with Gasteiger partial charge in [0.2, 0.25) is 0 Å². The summed E-state index contributed by atoms with van der Waals surface area (Å²) in [6.07, 6.45) is 2.81. The van der Waals surface area contributed by atoms with Gasteiger partial charge >= 0.3 is 0 Å². The monoisotopic (exact) mass is 286 g/mol. The van der Waals surface area contributed by atoms with Gasteiger partial charge in [0.25, 0.3) is 0 Å². The van der Waals surface area contributed by atoms with Crippen molar-refractivity contribution >= 4 is 27.4 Å². The fraction of sp³-hybridized carbons (Fsp3) is 0.545. The molecule has 1 atom stereocenters. The molecule has 0 spiro atoms. The Bertz CT molecular complexity index is 341. The van der Waals surface area contributed by atoms with Crippen LogP contribution in [0, 0.1) is 0 Å². The molecule has 0 amide bonds. The number of anilines is 2. The molecule has 0 aliphatic rings. The number of rotatable bonds is 5. The van der Waals surface area contributed by atoms with Crippen LogP contribution in [0.3, 0.4) is 0 Å². The van der Waals surface area contributed by atoms with Crippen molar-refractivity contribution in [2.24, 2.45) is 0 Å². The minimum atomic E-state index is 0.360. The number of aromatic nitrogens is 1. The molecule has 90 valence electrons. The third-order valence-corrected chi connectivity index (χ3v) is 2.71. The van der Waals surface area contributed by atoms with Gasteiger partial charge in [-0.3, -0.25) is 0 Å². The number of halogens is 1. The third kappa shape index (κ3) is 4.37. The Hall–Kier alpha value is -0.810. The van der Waals surface area contributed by atoms with Gasteiger partial charge in [0.1, 0.15) is 5.82 Å². The van der Waals surface area contributed by atoms with Gasteiger partial charge in [-0.25, -0.2) is 4.98 Å². The molecule has 0 aromatic carbocycles. The zero-order chi connectivity index (χ0) is 12.1. The zero-order valence-electron chi connectivity index (χ0n) is 10.00. The summed E-state index contributed by atoms with van der Waals surface area (Å²) >= 11 is 3.34. The molecule has 0 aliphatic heterocycles. The number of hydrogen-bond donors (Lipinski definition) is 2. The Morgan fingerprint density at radius 2 is 2.25 bits per heavy atom. The third-order valence-electron chi connectivity index (χ3n) is 2.28. The molecule has 0 saturated heterocycles. The molecule has 1 heterocycles. The van der Waals surface area contributed by atoms with Crippen molar-refractivity contribution in [2.45, 2.75) is 19.4 Å². The predicted molar refractivity (Wildman–Crippen MR) is 72.6 cm³/mol. The molecule has 1 aromatic rings. The zero-order valence-corrected chi connectivity index (χ0v) is 11.6. The summed E-state index contributed by atoms with van der Waals surface area (Å²) in [5, 5.41) is 3.31. The van der Waals surface area contributed by atoms with E-state index in [2.05, 4.69) is 52.1 Å². The van der Waals surface area contributed by atoms with Gasteiger partial charge in [-0.05, 0) is 56.0 Å². The van der Waals surface area contributed by atoms with Gasteiger partial charge in [-0.15, -0.1) is 0 Å². The minimum absolute atomic E-state index is 0.360. The topological polar surface area (TPSA) is 54.2 Å². The van der Waals surface area contributed by atoms with Crippen molar-refractivity contribution in [2.75, 3.05) is 31.7 Å². The largest absolute Gasteiger partial charge is 0.396 e. The Morgan fingerprint density at radius 1 is 1.56 bits per heavy atom. The number of hydrogen-bond acceptors (Lipinski definition) is 4. The van der Waals surface area contributed by atoms with Crippen LogP contribution in [0.2, 0.25) is 0 Å². The van der Waals surface area contributed by atoms with Gasteiger partial charge in [0.05, 0.1) is 5.69 Å². The number of pyridine rings is 1. The maximum atomic E-state index is 5.86. The van der Waals surface area contributed by atoms with E-state index in [0.29, 0.717) is 11.7 Å². The van der Waals surface area contributed by atoms with Gasteiger partial charge in [-0.2, -0.15) is 0 Å². The summed E-state index contributed by atoms with van der Waals surface area (Å²) in [5.41, 5.74) is 6.53. The lowest BCUT2D eigenvalue weighted by Crippen LogP contribution is -2.23. The van der Waals surface area contributed by atoms with E-state index in [9.17, 15) is 0 Å². The Labute approximate surface area is 105 Å². The summed E-state index contributed by atoms with van der Waals surface area (Å²) in [6.45, 7) is 3.18. The summed E-state index contributed by atoms with van der Waals surface area (Å²) in [7, 11) is 4.14. The molecular formula is C11H19BrN4. The van der Waals surface area contributed by atoms with Gasteiger partial charge < -0.3 is 16.0 Å². The van der Waals surface area contributed by atoms with E-state index in [0.717, 1.165) is 23.3 Å². The molecule has 0 radical (unpaired) electrons. The molecule has 16 heavy (non-hydrogen) atoms. The first kappa shape index (κ1) is 13.3. The van der Waals surface area contributed by atoms with E-state index < -0.39 is 0 Å². The predicted octanol–water partition coefficient (Wildman–Crippen LogP) is 2.18. The number of nitrogens with zero attached hydrogens (tertiary/aromatic N) is 2. The first-order valence-corrected chi connectivity index (χ1v) is 6.10. The second-order valence-corrected chi connectivity index (χ2v) is 5.14. The van der Waals surface area contributed by atoms with Crippen molar-refractivity contribution in [1.82, 2.24) is 9.88 Å². The van der Waals surface area contributed by atoms with Crippen LogP contribution in [0.5, 0.6) is 0 Å². The molecule has 1 unspecified atom stereocenters. The molecule has 0 aliphatic carbocycles. The molecule has 0 saturated carbocycles. The number of nitrogens with two attached hydrogens (primary N) is 1. The highest BCUT2D eigenvalue weighted by Gasteiger charge is 2.06. The van der Waals surface area contributed by atoms with E-state index in [1.54, 1.807) is 6.20 Å². The van der Waals surface area contributed by atoms with Crippen molar-refractivity contribution in [3.63, 3.8) is 0 Å². The van der Waals surface area contributed by atoms with E-state index >= 15 is 0 Å². The fourth-order valence-electron chi connectivity index (χ4n) is 1.33. The first-order chi connectivity index (χ1) is 7.49. The maximum Gasteiger partial charge on any atom is 0.149 e. The molecule has 1 rings (SSSR count). The normalized spacial score (nSPS) is 12.8. The highest BCUT2D eigenvalue weighted by atomic mass is 79.9. The Kier molecular flexibility index (Phi) is 5.02. The summed E-state index contributed by atoms with van der Waals surface area (Å²) in [6, 6.07) is 2.21. The van der Waals surface area contributed by atoms with Gasteiger partial charge in [0, 0.05) is 16.7 Å². The lowest BCUT2D eigenvalue weighted by Gasteiger charge is -2.18. The highest BCUT2D eigenvalue weighted by Crippen LogP contribution is 2.20. The minimum Gasteiger partial charge on any atom is -0.396 e. The lowest BCUT2D eigenvalue weighted by molar-refractivity contribution is 0.390. The van der Waals surface area contributed by atoms with Crippen molar-refractivity contribution in [3.05, 3.63) is 16.7 Å². The smallest absolute Gasteiger partial charge is 0.149 e. The summed E-state index contributed by atoms with van der Waals surface area (Å²) in [5.74, 6) is 0.759. The quantitative estimate of drug-likeness (QED) is 0.871. The Balaban J connectivity index is 2.52. The highest BCUT2D eigenvalue weighted by molar-refractivity contribution is 9.10. The van der Waals surface area contributed by atoms with Crippen LogP contribution in [-0.4, -0.2) is 36.6 Å². The van der Waals surface area contributed by atoms with Crippen LogP contribution in [0.15, 0.2) is 16.7 Å². The SMILES string of the molecule is CC(CCN(C)C)Nc1ncc(Br)cc1N. The van der Waals surface area contributed by atoms with Crippen molar-refractivity contribution in [3.8, 4) is 0 Å². The van der Waals surface area contributed by atoms with Crippen LogP contribution >= 0.6 is 15.9 Å². The molecule has 1 aromatic heterocycles. The molecular weight excluding hydrogens is 268 g/mol. The van der Waals surface area contributed by atoms with E-state index in [4.69, 9.17) is 5.73 Å². The van der Waals surface area contributed by atoms with Gasteiger partial charge in [0.15, 0.2) is 0 Å². The van der Waals surface area contributed by atoms with Crippen LogP contribution in [0.4, 0.5) is 11.5 Å². The van der Waals surface area contributed by atoms with Crippen LogP contribution in [0.25, 0.3) is 0 Å². The maximum absolute atomic E-state index is 5.86. The van der Waals surface area contributed by atoms with Crippen molar-refractivity contribution in [1.29, 1.82) is 0 Å². The van der Waals surface area contributed by atoms with E-state index in [1.165, 1.54) is 0 Å². The van der Waals surface area contributed by atoms with Crippen LogP contribution in [-0.2, 0) is 0 Å². The molecule has 5 heteroatoms. The Morgan fingerprint density at radius 3 is 2.81 bits per heavy atom. The summed E-state index contributed by atoms with van der Waals surface area (Å²) < 4.78 is 0.900. The number of nitrogens with one attached hydrogen (secondary N) is 1. The fourth-order valence-corrected chi connectivity index (χ4v) is 1.68.